The third kappa shape index (κ3) is 15.0. The van der Waals surface area contributed by atoms with Crippen LogP contribution in [0.15, 0.2) is 73.8 Å². The normalized spacial score (nSPS) is 17.8. The highest BCUT2D eigenvalue weighted by Crippen LogP contribution is 2.27. The molecule has 0 spiro atoms. The minimum Gasteiger partial charge on any atom is -0.381 e. The van der Waals surface area contributed by atoms with E-state index >= 15 is 4.79 Å². The first kappa shape index (κ1) is 42.7. The highest BCUT2D eigenvalue weighted by molar-refractivity contribution is 6.30. The van der Waals surface area contributed by atoms with Crippen LogP contribution >= 0.6 is 23.2 Å². The highest BCUT2D eigenvalue weighted by Gasteiger charge is 2.38. The molecule has 2 aliphatic heterocycles. The van der Waals surface area contributed by atoms with Crippen molar-refractivity contribution in [2.45, 2.75) is 63.5 Å². The fraction of sp³-hybridized carbons (Fsp3) is 0.605. The molecule has 2 unspecified atom stereocenters. The summed E-state index contributed by atoms with van der Waals surface area (Å²) in [5, 5.41) is 1.43. The van der Waals surface area contributed by atoms with Crippen molar-refractivity contribution >= 4 is 29.0 Å². The van der Waals surface area contributed by atoms with Gasteiger partial charge in [0.15, 0.2) is 5.78 Å². The summed E-state index contributed by atoms with van der Waals surface area (Å²) in [6, 6.07) is 15.6. The van der Waals surface area contributed by atoms with E-state index in [1.54, 1.807) is 0 Å². The average molecular weight is 756 g/mol. The number of Topliss-reactive ketones (excluding diaryl/α,β-unsaturated/α-hetero) is 1. The minimum absolute atomic E-state index is 0.207. The number of carbonyl (C=O) groups excluding carboxylic acids is 1. The predicted octanol–water partition coefficient (Wildman–Crippen LogP) is 7.56. The number of ether oxygens (including phenoxy) is 2. The molecule has 52 heavy (non-hydrogen) atoms. The molecule has 2 saturated heterocycles. The van der Waals surface area contributed by atoms with E-state index in [1.165, 1.54) is 0 Å². The maximum Gasteiger partial charge on any atom is 0.167 e. The Labute approximate surface area is 324 Å². The standard InChI is InChI=1S/C43H64Cl2N4O3/c1-5-21-46(3)23-7-29-51-33-37-17-25-48(26-18-37)41(31-35-9-13-39(44)14-10-35)43(50)42(32-36-11-15-40(45)16-12-36)49-27-19-38(20-28-49)34-52-30-8-24-47(4)22-6-2/h5-6,9-16,37-38,41-42H,1-2,7-8,17-34H2,3-4H3. The van der Waals surface area contributed by atoms with Gasteiger partial charge in [0.1, 0.15) is 0 Å². The predicted molar refractivity (Wildman–Crippen MR) is 218 cm³/mol. The van der Waals surface area contributed by atoms with Crippen molar-refractivity contribution in [1.29, 1.82) is 0 Å². The second kappa shape index (κ2) is 23.7. The number of carbonyl (C=O) groups is 1. The third-order valence-electron chi connectivity index (χ3n) is 10.8. The van der Waals surface area contributed by atoms with Crippen molar-refractivity contribution in [3.8, 4) is 0 Å². The number of hydrogen-bond donors (Lipinski definition) is 0. The van der Waals surface area contributed by atoms with E-state index in [2.05, 4.69) is 71.1 Å². The molecule has 0 radical (unpaired) electrons. The molecule has 2 fully saturated rings. The molecule has 0 N–H and O–H groups in total. The van der Waals surface area contributed by atoms with Crippen molar-refractivity contribution in [2.24, 2.45) is 11.8 Å². The first-order valence-corrected chi connectivity index (χ1v) is 20.3. The van der Waals surface area contributed by atoms with Crippen LogP contribution in [0.3, 0.4) is 0 Å². The van der Waals surface area contributed by atoms with Gasteiger partial charge < -0.3 is 19.3 Å². The Kier molecular flexibility index (Phi) is 19.4. The molecular weight excluding hydrogens is 691 g/mol. The molecule has 0 aromatic heterocycles. The van der Waals surface area contributed by atoms with Gasteiger partial charge in [0, 0.05) is 62.7 Å². The molecule has 0 bridgehead atoms. The molecule has 2 heterocycles. The van der Waals surface area contributed by atoms with Crippen molar-refractivity contribution in [3.05, 3.63) is 95.0 Å². The molecule has 2 aromatic carbocycles. The molecule has 2 aromatic rings. The number of hydrogen-bond acceptors (Lipinski definition) is 7. The summed E-state index contributed by atoms with van der Waals surface area (Å²) in [6.45, 7) is 18.2. The number of likely N-dealkylation sites (tertiary alicyclic amines) is 2. The second-order valence-corrected chi connectivity index (χ2v) is 15.9. The maximum absolute atomic E-state index is 15.0. The third-order valence-corrected chi connectivity index (χ3v) is 11.3. The van der Waals surface area contributed by atoms with Crippen LogP contribution in [0.4, 0.5) is 0 Å². The number of halogens is 2. The van der Waals surface area contributed by atoms with Crippen LogP contribution < -0.4 is 0 Å². The zero-order valence-corrected chi connectivity index (χ0v) is 33.4. The van der Waals surface area contributed by atoms with Crippen LogP contribution in [0.25, 0.3) is 0 Å². The summed E-state index contributed by atoms with van der Waals surface area (Å²) in [7, 11) is 4.23. The number of likely N-dealkylation sites (N-methyl/N-ethyl adjacent to an activating group) is 2. The quantitative estimate of drug-likeness (QED) is 0.0811. The number of nitrogens with zero attached hydrogens (tertiary/aromatic N) is 4. The van der Waals surface area contributed by atoms with Gasteiger partial charge in [-0.15, -0.1) is 13.2 Å². The number of piperidine rings is 2. The topological polar surface area (TPSA) is 48.5 Å². The molecule has 0 amide bonds. The Hall–Kier alpha value is -2.07. The zero-order chi connectivity index (χ0) is 37.1. The van der Waals surface area contributed by atoms with Crippen molar-refractivity contribution < 1.29 is 14.3 Å². The highest BCUT2D eigenvalue weighted by atomic mass is 35.5. The summed E-state index contributed by atoms with van der Waals surface area (Å²) >= 11 is 12.6. The number of benzene rings is 2. The van der Waals surface area contributed by atoms with E-state index < -0.39 is 0 Å². The van der Waals surface area contributed by atoms with Gasteiger partial charge in [0.05, 0.1) is 12.1 Å². The number of rotatable bonds is 24. The lowest BCUT2D eigenvalue weighted by molar-refractivity contribution is -0.131. The number of ketones is 1. The first-order chi connectivity index (χ1) is 25.2. The van der Waals surface area contributed by atoms with Crippen LogP contribution in [0.5, 0.6) is 0 Å². The lowest BCUT2D eigenvalue weighted by Gasteiger charge is -2.42. The molecule has 0 saturated carbocycles. The fourth-order valence-corrected chi connectivity index (χ4v) is 7.84. The van der Waals surface area contributed by atoms with Crippen molar-refractivity contribution in [2.75, 3.05) is 92.9 Å². The first-order valence-electron chi connectivity index (χ1n) is 19.5. The summed E-state index contributed by atoms with van der Waals surface area (Å²) in [5.74, 6) is 1.36. The Balaban J connectivity index is 1.39. The maximum atomic E-state index is 15.0. The van der Waals surface area contributed by atoms with Gasteiger partial charge in [-0.1, -0.05) is 59.6 Å². The Morgan fingerprint density at radius 1 is 0.712 bits per heavy atom. The zero-order valence-electron chi connectivity index (χ0n) is 31.9. The largest absolute Gasteiger partial charge is 0.381 e. The van der Waals surface area contributed by atoms with Gasteiger partial charge in [-0.3, -0.25) is 14.6 Å². The van der Waals surface area contributed by atoms with Gasteiger partial charge in [-0.05, 0) is 139 Å². The van der Waals surface area contributed by atoms with E-state index in [1.807, 2.05) is 36.4 Å². The molecule has 0 aliphatic carbocycles. The van der Waals surface area contributed by atoms with Gasteiger partial charge in [0.25, 0.3) is 0 Å². The van der Waals surface area contributed by atoms with E-state index in [0.717, 1.165) is 128 Å². The Bertz CT molecular complexity index is 1210. The SMILES string of the molecule is C=CCN(C)CCCOCC1CCN(C(Cc2ccc(Cl)cc2)C(=O)C(Cc2ccc(Cl)cc2)N2CCC(COCCCN(C)CC=C)CC2)CC1. The summed E-state index contributed by atoms with van der Waals surface area (Å²) in [4.78, 5) is 24.5. The molecule has 2 aliphatic rings. The van der Waals surface area contributed by atoms with Crippen LogP contribution in [-0.4, -0.2) is 130 Å². The second-order valence-electron chi connectivity index (χ2n) is 15.0. The van der Waals surface area contributed by atoms with Crippen LogP contribution in [0.1, 0.15) is 49.7 Å². The van der Waals surface area contributed by atoms with Gasteiger partial charge >= 0.3 is 0 Å². The summed E-state index contributed by atoms with van der Waals surface area (Å²) in [5.41, 5.74) is 2.29. The van der Waals surface area contributed by atoms with E-state index in [-0.39, 0.29) is 12.1 Å². The molecule has 288 valence electrons. The monoisotopic (exact) mass is 754 g/mol. The smallest absolute Gasteiger partial charge is 0.167 e. The molecule has 9 heteroatoms. The van der Waals surface area contributed by atoms with Crippen LogP contribution in [0, 0.1) is 11.8 Å². The van der Waals surface area contributed by atoms with Gasteiger partial charge in [-0.25, -0.2) is 0 Å². The lowest BCUT2D eigenvalue weighted by Crippen LogP contribution is -2.56. The minimum atomic E-state index is -0.207. The van der Waals surface area contributed by atoms with Gasteiger partial charge in [-0.2, -0.15) is 0 Å². The van der Waals surface area contributed by atoms with Crippen molar-refractivity contribution in [3.63, 3.8) is 0 Å². The molecular formula is C43H64Cl2N4O3. The molecule has 7 nitrogen and oxygen atoms in total. The van der Waals surface area contributed by atoms with Crippen LogP contribution in [-0.2, 0) is 27.1 Å². The Morgan fingerprint density at radius 2 is 1.08 bits per heavy atom. The summed E-state index contributed by atoms with van der Waals surface area (Å²) in [6.07, 6.45) is 11.4. The summed E-state index contributed by atoms with van der Waals surface area (Å²) < 4.78 is 12.3. The van der Waals surface area contributed by atoms with E-state index in [4.69, 9.17) is 32.7 Å². The van der Waals surface area contributed by atoms with Crippen molar-refractivity contribution in [1.82, 2.24) is 19.6 Å². The van der Waals surface area contributed by atoms with Gasteiger partial charge in [0.2, 0.25) is 0 Å². The molecule has 4 rings (SSSR count). The Morgan fingerprint density at radius 3 is 1.42 bits per heavy atom. The van der Waals surface area contributed by atoms with E-state index in [0.29, 0.717) is 40.5 Å². The average Bonchev–Trinajstić information content (AvgIpc) is 3.15. The lowest BCUT2D eigenvalue weighted by atomic mass is 9.87. The van der Waals surface area contributed by atoms with E-state index in [9.17, 15) is 0 Å². The molecule has 2 atom stereocenters. The fourth-order valence-electron chi connectivity index (χ4n) is 7.59. The van der Waals surface area contributed by atoms with Crippen LogP contribution in [0.2, 0.25) is 10.0 Å².